The molecule has 0 bridgehead atoms. The van der Waals surface area contributed by atoms with E-state index in [1.54, 1.807) is 7.05 Å². The van der Waals surface area contributed by atoms with Crippen molar-refractivity contribution < 1.29 is 13.2 Å². The van der Waals surface area contributed by atoms with Crippen molar-refractivity contribution in [2.75, 3.05) is 12.4 Å². The van der Waals surface area contributed by atoms with Gasteiger partial charge in [0.05, 0.1) is 5.56 Å². The molecule has 0 aliphatic rings. The minimum absolute atomic E-state index is 0.0297. The lowest BCUT2D eigenvalue weighted by atomic mass is 10.3. The van der Waals surface area contributed by atoms with Gasteiger partial charge in [-0.3, -0.25) is 0 Å². The third-order valence-corrected chi connectivity index (χ3v) is 1.75. The van der Waals surface area contributed by atoms with E-state index in [0.29, 0.717) is 11.5 Å². The van der Waals surface area contributed by atoms with E-state index in [1.807, 2.05) is 0 Å². The largest absolute Gasteiger partial charge is 0.415 e. The summed E-state index contributed by atoms with van der Waals surface area (Å²) in [4.78, 5) is 7.78. The second kappa shape index (κ2) is 4.17. The molecule has 16 heavy (non-hydrogen) atoms. The van der Waals surface area contributed by atoms with Crippen LogP contribution < -0.4 is 5.32 Å². The van der Waals surface area contributed by atoms with Crippen LogP contribution in [0.4, 0.5) is 14.7 Å². The van der Waals surface area contributed by atoms with E-state index in [9.17, 15) is 8.78 Å². The van der Waals surface area contributed by atoms with Gasteiger partial charge in [-0.05, 0) is 0 Å². The van der Waals surface area contributed by atoms with E-state index >= 15 is 0 Å². The molecular formula is C8H7F2N5O. The van der Waals surface area contributed by atoms with Crippen LogP contribution in [0.25, 0.3) is 11.5 Å². The number of alkyl halides is 2. The molecule has 1 N–H and O–H groups in total. The molecule has 2 rings (SSSR count). The van der Waals surface area contributed by atoms with Gasteiger partial charge in [-0.2, -0.15) is 8.78 Å². The lowest BCUT2D eigenvalue weighted by Crippen LogP contribution is -1.95. The zero-order valence-electron chi connectivity index (χ0n) is 8.19. The minimum Gasteiger partial charge on any atom is -0.415 e. The predicted molar refractivity (Wildman–Crippen MR) is 49.8 cm³/mol. The summed E-state index contributed by atoms with van der Waals surface area (Å²) < 4.78 is 29.1. The molecule has 0 aliphatic heterocycles. The van der Waals surface area contributed by atoms with E-state index in [0.717, 1.165) is 0 Å². The molecular weight excluding hydrogens is 220 g/mol. The zero-order chi connectivity index (χ0) is 11.5. The molecule has 2 aromatic heterocycles. The topological polar surface area (TPSA) is 76.7 Å². The maximum Gasteiger partial charge on any atom is 0.314 e. The summed E-state index contributed by atoms with van der Waals surface area (Å²) in [6.07, 6.45) is 0.0298. The molecule has 0 spiro atoms. The number of halogens is 2. The average molecular weight is 227 g/mol. The zero-order valence-corrected chi connectivity index (χ0v) is 8.19. The van der Waals surface area contributed by atoms with Gasteiger partial charge in [0, 0.05) is 19.4 Å². The van der Waals surface area contributed by atoms with E-state index in [-0.39, 0.29) is 5.89 Å². The van der Waals surface area contributed by atoms with Gasteiger partial charge in [0.1, 0.15) is 0 Å². The highest BCUT2D eigenvalue weighted by Gasteiger charge is 2.17. The monoisotopic (exact) mass is 227 g/mol. The molecule has 2 aromatic rings. The second-order valence-corrected chi connectivity index (χ2v) is 2.79. The van der Waals surface area contributed by atoms with Crippen LogP contribution in [0.3, 0.4) is 0 Å². The first-order chi connectivity index (χ1) is 7.70. The van der Waals surface area contributed by atoms with E-state index in [1.165, 1.54) is 12.4 Å². The fraction of sp³-hybridized carbons (Fsp3) is 0.250. The lowest BCUT2D eigenvalue weighted by Gasteiger charge is -1.97. The maximum absolute atomic E-state index is 12.2. The highest BCUT2D eigenvalue weighted by atomic mass is 19.3. The summed E-state index contributed by atoms with van der Waals surface area (Å²) >= 11 is 0. The molecule has 0 saturated heterocycles. The summed E-state index contributed by atoms with van der Waals surface area (Å²) in [7, 11) is 1.66. The Labute approximate surface area is 88.7 Å². The summed E-state index contributed by atoms with van der Waals surface area (Å²) in [6, 6.07) is 0. The van der Waals surface area contributed by atoms with Gasteiger partial charge in [0.25, 0.3) is 11.8 Å². The van der Waals surface area contributed by atoms with Crippen LogP contribution in [0.1, 0.15) is 12.3 Å². The first-order valence-electron chi connectivity index (χ1n) is 4.32. The Morgan fingerprint density at radius 2 is 1.94 bits per heavy atom. The Kier molecular flexibility index (Phi) is 2.71. The van der Waals surface area contributed by atoms with Crippen LogP contribution in [0.5, 0.6) is 0 Å². The molecule has 0 radical (unpaired) electrons. The molecule has 0 aliphatic carbocycles. The molecule has 8 heteroatoms. The van der Waals surface area contributed by atoms with Crippen molar-refractivity contribution in [2.24, 2.45) is 0 Å². The van der Waals surface area contributed by atoms with Crippen molar-refractivity contribution in [1.29, 1.82) is 0 Å². The molecule has 0 atom stereocenters. The van der Waals surface area contributed by atoms with Gasteiger partial charge >= 0.3 is 6.43 Å². The van der Waals surface area contributed by atoms with Crippen molar-refractivity contribution >= 4 is 5.95 Å². The van der Waals surface area contributed by atoms with E-state index in [4.69, 9.17) is 4.42 Å². The quantitative estimate of drug-likeness (QED) is 0.856. The first kappa shape index (κ1) is 10.4. The number of hydrogen-bond acceptors (Lipinski definition) is 6. The molecule has 2 heterocycles. The van der Waals surface area contributed by atoms with Gasteiger partial charge in [-0.15, -0.1) is 10.2 Å². The molecule has 0 unspecified atom stereocenters. The normalized spacial score (nSPS) is 10.8. The Balaban J connectivity index is 2.28. The van der Waals surface area contributed by atoms with Crippen molar-refractivity contribution in [1.82, 2.24) is 20.2 Å². The summed E-state index contributed by atoms with van der Waals surface area (Å²) in [6.45, 7) is 0. The predicted octanol–water partition coefficient (Wildman–Crippen LogP) is 1.51. The number of hydrogen-bond donors (Lipinski definition) is 1. The van der Waals surface area contributed by atoms with Gasteiger partial charge in [0.15, 0.2) is 0 Å². The molecule has 0 amide bonds. The molecule has 0 aromatic carbocycles. The number of anilines is 1. The van der Waals surface area contributed by atoms with Crippen molar-refractivity contribution in [2.45, 2.75) is 6.43 Å². The van der Waals surface area contributed by atoms with Crippen LogP contribution in [0.2, 0.25) is 0 Å². The third kappa shape index (κ3) is 1.95. The van der Waals surface area contributed by atoms with E-state index in [2.05, 4.69) is 25.5 Å². The Morgan fingerprint density at radius 3 is 2.44 bits per heavy atom. The number of rotatable bonds is 3. The fourth-order valence-corrected chi connectivity index (χ4v) is 1.01. The van der Waals surface area contributed by atoms with Crippen LogP contribution in [-0.2, 0) is 0 Å². The van der Waals surface area contributed by atoms with Crippen LogP contribution >= 0.6 is 0 Å². The van der Waals surface area contributed by atoms with Gasteiger partial charge in [-0.25, -0.2) is 9.97 Å². The number of nitrogens with one attached hydrogen (secondary N) is 1. The van der Waals surface area contributed by atoms with Crippen LogP contribution in [0, 0.1) is 0 Å². The average Bonchev–Trinajstić information content (AvgIpc) is 2.78. The standard InChI is InChI=1S/C8H7F2N5O/c1-11-8-12-2-4(3-13-8)6-14-15-7(16-6)5(9)10/h2-3,5H,1H3,(H,11,12,13). The molecule has 0 saturated carbocycles. The van der Waals surface area contributed by atoms with Crippen LogP contribution in [0.15, 0.2) is 16.8 Å². The van der Waals surface area contributed by atoms with Crippen molar-refractivity contribution in [3.05, 3.63) is 18.3 Å². The minimum atomic E-state index is -2.78. The van der Waals surface area contributed by atoms with Crippen molar-refractivity contribution in [3.8, 4) is 11.5 Å². The Hall–Kier alpha value is -2.12. The SMILES string of the molecule is CNc1ncc(-c2nnc(C(F)F)o2)cn1. The van der Waals surface area contributed by atoms with Gasteiger partial charge < -0.3 is 9.73 Å². The second-order valence-electron chi connectivity index (χ2n) is 2.79. The molecule has 6 nitrogen and oxygen atoms in total. The fourth-order valence-electron chi connectivity index (χ4n) is 1.01. The number of nitrogens with zero attached hydrogens (tertiary/aromatic N) is 4. The van der Waals surface area contributed by atoms with Gasteiger partial charge in [-0.1, -0.05) is 0 Å². The maximum atomic E-state index is 12.2. The van der Waals surface area contributed by atoms with Crippen molar-refractivity contribution in [3.63, 3.8) is 0 Å². The lowest BCUT2D eigenvalue weighted by molar-refractivity contribution is 0.116. The summed E-state index contributed by atoms with van der Waals surface area (Å²) in [5.41, 5.74) is 0.387. The highest BCUT2D eigenvalue weighted by molar-refractivity contribution is 5.50. The summed E-state index contributed by atoms with van der Waals surface area (Å²) in [5, 5.41) is 9.38. The van der Waals surface area contributed by atoms with E-state index < -0.39 is 12.3 Å². The molecule has 84 valence electrons. The third-order valence-electron chi connectivity index (χ3n) is 1.75. The van der Waals surface area contributed by atoms with Gasteiger partial charge in [0.2, 0.25) is 5.95 Å². The Bertz CT molecular complexity index is 470. The highest BCUT2D eigenvalue weighted by Crippen LogP contribution is 2.22. The molecule has 0 fully saturated rings. The Morgan fingerprint density at radius 1 is 1.25 bits per heavy atom. The smallest absolute Gasteiger partial charge is 0.314 e. The van der Waals surface area contributed by atoms with Crippen LogP contribution in [-0.4, -0.2) is 27.2 Å². The summed E-state index contributed by atoms with van der Waals surface area (Å²) in [5.74, 6) is -0.331. The number of aromatic nitrogens is 4. The first-order valence-corrected chi connectivity index (χ1v) is 4.32.